The first-order chi connectivity index (χ1) is 10.4. The van der Waals surface area contributed by atoms with Gasteiger partial charge in [0.2, 0.25) is 0 Å². The van der Waals surface area contributed by atoms with Gasteiger partial charge in [0.25, 0.3) is 23.6 Å². The highest BCUT2D eigenvalue weighted by Gasteiger charge is 2.41. The van der Waals surface area contributed by atoms with Crippen LogP contribution in [0.3, 0.4) is 0 Å². The zero-order valence-corrected chi connectivity index (χ0v) is 15.2. The summed E-state index contributed by atoms with van der Waals surface area (Å²) in [6.07, 6.45) is 5.05. The fourth-order valence-electron chi connectivity index (χ4n) is 3.18. The molecule has 0 N–H and O–H groups in total. The second-order valence-corrected chi connectivity index (χ2v) is 7.49. The standard InChI is InChI=1S/C14H12BrIN2O4/c15-9-5-11(19)17(13(9)21)7-1-3-8(4-2-7)18-12(20)6-10(16)14(18)22/h5-8H,1-4H2. The van der Waals surface area contributed by atoms with E-state index in [1.165, 1.54) is 22.0 Å². The molecule has 4 amide bonds. The molecule has 3 rings (SSSR count). The molecule has 0 atom stereocenters. The van der Waals surface area contributed by atoms with Crippen molar-refractivity contribution in [3.8, 4) is 0 Å². The molecule has 0 aromatic rings. The predicted octanol–water partition coefficient (Wildman–Crippen LogP) is 1.63. The van der Waals surface area contributed by atoms with Crippen molar-refractivity contribution in [2.45, 2.75) is 37.8 Å². The third kappa shape index (κ3) is 2.55. The van der Waals surface area contributed by atoms with Crippen molar-refractivity contribution in [1.82, 2.24) is 9.80 Å². The summed E-state index contributed by atoms with van der Waals surface area (Å²) in [6.45, 7) is 0. The number of halogens is 2. The maximum atomic E-state index is 12.0. The van der Waals surface area contributed by atoms with E-state index in [1.807, 2.05) is 22.6 Å². The van der Waals surface area contributed by atoms with Crippen LogP contribution in [0.25, 0.3) is 0 Å². The Hall–Kier alpha value is -1.03. The maximum Gasteiger partial charge on any atom is 0.268 e. The molecular formula is C14H12BrIN2O4. The smallest absolute Gasteiger partial charge is 0.268 e. The predicted molar refractivity (Wildman–Crippen MR) is 88.9 cm³/mol. The van der Waals surface area contributed by atoms with Crippen molar-refractivity contribution in [3.05, 3.63) is 20.2 Å². The number of hydrogen-bond donors (Lipinski definition) is 0. The summed E-state index contributed by atoms with van der Waals surface area (Å²) in [7, 11) is 0. The molecule has 0 spiro atoms. The van der Waals surface area contributed by atoms with Crippen molar-refractivity contribution in [2.24, 2.45) is 0 Å². The third-order valence-electron chi connectivity index (χ3n) is 4.22. The first kappa shape index (κ1) is 15.9. The number of hydrogen-bond acceptors (Lipinski definition) is 4. The van der Waals surface area contributed by atoms with E-state index in [-0.39, 0.29) is 40.2 Å². The molecule has 0 radical (unpaired) electrons. The van der Waals surface area contributed by atoms with Crippen LogP contribution in [-0.2, 0) is 19.2 Å². The lowest BCUT2D eigenvalue weighted by atomic mass is 9.89. The van der Waals surface area contributed by atoms with Gasteiger partial charge in [-0.05, 0) is 64.2 Å². The summed E-state index contributed by atoms with van der Waals surface area (Å²) in [5, 5.41) is 0. The van der Waals surface area contributed by atoms with E-state index in [2.05, 4.69) is 15.9 Å². The Morgan fingerprint density at radius 1 is 0.864 bits per heavy atom. The van der Waals surface area contributed by atoms with Gasteiger partial charge in [0.1, 0.15) is 0 Å². The quantitative estimate of drug-likeness (QED) is 0.446. The summed E-state index contributed by atoms with van der Waals surface area (Å²) in [5.74, 6) is -1.12. The van der Waals surface area contributed by atoms with Crippen LogP contribution in [0.2, 0.25) is 0 Å². The minimum absolute atomic E-state index is 0.149. The fourth-order valence-corrected chi connectivity index (χ4v) is 4.09. The van der Waals surface area contributed by atoms with Gasteiger partial charge in [-0.25, -0.2) is 0 Å². The minimum Gasteiger partial charge on any atom is -0.271 e. The van der Waals surface area contributed by atoms with Gasteiger partial charge in [-0.2, -0.15) is 0 Å². The Labute approximate surface area is 148 Å². The van der Waals surface area contributed by atoms with Crippen LogP contribution in [0.5, 0.6) is 0 Å². The van der Waals surface area contributed by atoms with Crippen LogP contribution in [-0.4, -0.2) is 45.5 Å². The summed E-state index contributed by atoms with van der Waals surface area (Å²) < 4.78 is 0.714. The molecule has 0 aromatic heterocycles. The zero-order valence-electron chi connectivity index (χ0n) is 11.4. The van der Waals surface area contributed by atoms with Gasteiger partial charge in [-0.1, -0.05) is 0 Å². The van der Waals surface area contributed by atoms with E-state index < -0.39 is 0 Å². The molecule has 1 fully saturated rings. The van der Waals surface area contributed by atoms with Gasteiger partial charge >= 0.3 is 0 Å². The summed E-state index contributed by atoms with van der Waals surface area (Å²) >= 11 is 4.95. The van der Waals surface area contributed by atoms with Crippen molar-refractivity contribution >= 4 is 62.1 Å². The molecule has 0 bridgehead atoms. The van der Waals surface area contributed by atoms with Crippen LogP contribution < -0.4 is 0 Å². The Bertz CT molecular complexity index is 593. The number of rotatable bonds is 2. The van der Waals surface area contributed by atoms with E-state index in [0.29, 0.717) is 29.3 Å². The number of carbonyl (C=O) groups excluding carboxylic acids is 4. The zero-order chi connectivity index (χ0) is 16.0. The average Bonchev–Trinajstić information content (AvgIpc) is 2.87. The van der Waals surface area contributed by atoms with E-state index in [4.69, 9.17) is 0 Å². The van der Waals surface area contributed by atoms with E-state index in [1.54, 1.807) is 0 Å². The van der Waals surface area contributed by atoms with E-state index in [9.17, 15) is 19.2 Å². The second-order valence-electron chi connectivity index (χ2n) is 5.47. The molecule has 22 heavy (non-hydrogen) atoms. The maximum absolute atomic E-state index is 12.0. The van der Waals surface area contributed by atoms with Crippen LogP contribution in [0.4, 0.5) is 0 Å². The number of carbonyl (C=O) groups is 4. The lowest BCUT2D eigenvalue weighted by Gasteiger charge is -2.36. The van der Waals surface area contributed by atoms with Crippen molar-refractivity contribution in [3.63, 3.8) is 0 Å². The van der Waals surface area contributed by atoms with Crippen LogP contribution in [0, 0.1) is 0 Å². The Kier molecular flexibility index (Phi) is 4.23. The largest absolute Gasteiger partial charge is 0.271 e. The highest BCUT2D eigenvalue weighted by Crippen LogP contribution is 2.33. The van der Waals surface area contributed by atoms with E-state index in [0.717, 1.165) is 0 Å². The Morgan fingerprint density at radius 3 is 1.68 bits per heavy atom. The van der Waals surface area contributed by atoms with Crippen LogP contribution in [0.1, 0.15) is 25.7 Å². The lowest BCUT2D eigenvalue weighted by Crippen LogP contribution is -2.48. The molecule has 1 aliphatic carbocycles. The third-order valence-corrected chi connectivity index (χ3v) is 5.56. The summed E-state index contributed by atoms with van der Waals surface area (Å²) in [5.41, 5.74) is 0. The molecule has 3 aliphatic rings. The molecule has 2 heterocycles. The topological polar surface area (TPSA) is 74.8 Å². The Morgan fingerprint density at radius 2 is 1.32 bits per heavy atom. The second kappa shape index (κ2) is 5.88. The summed E-state index contributed by atoms with van der Waals surface area (Å²) in [6, 6.07) is -0.314. The van der Waals surface area contributed by atoms with Gasteiger partial charge in [0, 0.05) is 24.2 Å². The van der Waals surface area contributed by atoms with Crippen LogP contribution in [0.15, 0.2) is 20.2 Å². The molecular weight excluding hydrogens is 467 g/mol. The first-order valence-electron chi connectivity index (χ1n) is 6.89. The molecule has 1 saturated carbocycles. The number of nitrogens with zero attached hydrogens (tertiary/aromatic N) is 2. The molecule has 8 heteroatoms. The molecule has 0 unspecified atom stereocenters. The van der Waals surface area contributed by atoms with Gasteiger partial charge in [0.05, 0.1) is 8.06 Å². The highest BCUT2D eigenvalue weighted by molar-refractivity contribution is 14.1. The SMILES string of the molecule is O=C1C=C(Br)C(=O)N1C1CCC(N2C(=O)C=C(I)C2=O)CC1. The summed E-state index contributed by atoms with van der Waals surface area (Å²) in [4.78, 5) is 50.3. The minimum atomic E-state index is -0.307. The van der Waals surface area contributed by atoms with Crippen LogP contribution >= 0.6 is 38.5 Å². The Balaban J connectivity index is 1.65. The van der Waals surface area contributed by atoms with Crippen molar-refractivity contribution in [2.75, 3.05) is 0 Å². The lowest BCUT2D eigenvalue weighted by molar-refractivity contribution is -0.144. The highest BCUT2D eigenvalue weighted by atomic mass is 127. The van der Waals surface area contributed by atoms with Gasteiger partial charge < -0.3 is 0 Å². The van der Waals surface area contributed by atoms with Gasteiger partial charge in [-0.15, -0.1) is 0 Å². The molecule has 6 nitrogen and oxygen atoms in total. The van der Waals surface area contributed by atoms with E-state index >= 15 is 0 Å². The number of amides is 4. The van der Waals surface area contributed by atoms with Gasteiger partial charge in [0.15, 0.2) is 0 Å². The number of imide groups is 2. The first-order valence-corrected chi connectivity index (χ1v) is 8.76. The average molecular weight is 479 g/mol. The molecule has 116 valence electrons. The molecule has 2 aliphatic heterocycles. The molecule has 0 aromatic carbocycles. The molecule has 0 saturated heterocycles. The van der Waals surface area contributed by atoms with Crippen molar-refractivity contribution in [1.29, 1.82) is 0 Å². The fraction of sp³-hybridized carbons (Fsp3) is 0.429. The monoisotopic (exact) mass is 478 g/mol. The van der Waals surface area contributed by atoms with Crippen molar-refractivity contribution < 1.29 is 19.2 Å². The van der Waals surface area contributed by atoms with Gasteiger partial charge in [-0.3, -0.25) is 29.0 Å². The normalized spacial score (nSPS) is 29.4.